The van der Waals surface area contributed by atoms with Crippen molar-refractivity contribution in [3.05, 3.63) is 70.7 Å². The highest BCUT2D eigenvalue weighted by atomic mass is 35.5. The third-order valence-corrected chi connectivity index (χ3v) is 4.57. The maximum absolute atomic E-state index is 12.3. The van der Waals surface area contributed by atoms with E-state index in [1.807, 2.05) is 49.4 Å². The lowest BCUT2D eigenvalue weighted by Gasteiger charge is -2.18. The van der Waals surface area contributed by atoms with Gasteiger partial charge in [-0.1, -0.05) is 54.1 Å². The van der Waals surface area contributed by atoms with Gasteiger partial charge in [0.05, 0.1) is 18.6 Å². The van der Waals surface area contributed by atoms with Crippen molar-refractivity contribution < 1.29 is 14.3 Å². The molecule has 0 spiro atoms. The van der Waals surface area contributed by atoms with Gasteiger partial charge in [-0.2, -0.15) is 0 Å². The number of amides is 2. The van der Waals surface area contributed by atoms with Crippen molar-refractivity contribution >= 4 is 23.4 Å². The summed E-state index contributed by atoms with van der Waals surface area (Å²) in [6, 6.07) is 16.8. The Morgan fingerprint density at radius 2 is 1.71 bits per heavy atom. The van der Waals surface area contributed by atoms with Gasteiger partial charge in [0.25, 0.3) is 0 Å². The molecule has 2 aromatic carbocycles. The Hall–Kier alpha value is -2.37. The van der Waals surface area contributed by atoms with E-state index >= 15 is 0 Å². The smallest absolute Gasteiger partial charge is 0.222 e. The second kappa shape index (κ2) is 11.5. The van der Waals surface area contributed by atoms with E-state index in [4.69, 9.17) is 16.3 Å². The van der Waals surface area contributed by atoms with E-state index in [1.165, 1.54) is 6.92 Å². The van der Waals surface area contributed by atoms with Crippen molar-refractivity contribution in [3.8, 4) is 0 Å². The van der Waals surface area contributed by atoms with Gasteiger partial charge in [0.2, 0.25) is 11.8 Å². The van der Waals surface area contributed by atoms with E-state index < -0.39 is 0 Å². The topological polar surface area (TPSA) is 67.4 Å². The van der Waals surface area contributed by atoms with Gasteiger partial charge in [-0.05, 0) is 36.6 Å². The SMILES string of the molecule is CC(=O)NC(CC(=O)NCCCOC(C)c1ccccc1)c1ccc(Cl)cc1. The van der Waals surface area contributed by atoms with Gasteiger partial charge in [0, 0.05) is 25.1 Å². The minimum Gasteiger partial charge on any atom is -0.374 e. The average Bonchev–Trinajstić information content (AvgIpc) is 2.68. The van der Waals surface area contributed by atoms with Crippen LogP contribution in [-0.4, -0.2) is 25.0 Å². The second-order valence-corrected chi connectivity index (χ2v) is 7.07. The molecule has 0 aliphatic heterocycles. The molecule has 0 saturated carbocycles. The molecular formula is C22H27ClN2O3. The van der Waals surface area contributed by atoms with Crippen LogP contribution in [0.25, 0.3) is 0 Å². The maximum atomic E-state index is 12.3. The minimum absolute atomic E-state index is 0.0194. The predicted molar refractivity (Wildman–Crippen MR) is 111 cm³/mol. The van der Waals surface area contributed by atoms with E-state index in [2.05, 4.69) is 10.6 Å². The minimum atomic E-state index is -0.385. The van der Waals surface area contributed by atoms with Crippen LogP contribution < -0.4 is 10.6 Å². The predicted octanol–water partition coefficient (Wildman–Crippen LogP) is 4.19. The van der Waals surface area contributed by atoms with E-state index in [1.54, 1.807) is 12.1 Å². The van der Waals surface area contributed by atoms with Gasteiger partial charge in [-0.15, -0.1) is 0 Å². The number of hydrogen-bond acceptors (Lipinski definition) is 3. The first kappa shape index (κ1) is 21.9. The van der Waals surface area contributed by atoms with Gasteiger partial charge in [0.1, 0.15) is 0 Å². The lowest BCUT2D eigenvalue weighted by molar-refractivity contribution is -0.122. The number of carbonyl (C=O) groups excluding carboxylic acids is 2. The van der Waals surface area contributed by atoms with Crippen LogP contribution in [-0.2, 0) is 14.3 Å². The molecule has 2 rings (SSSR count). The molecular weight excluding hydrogens is 376 g/mol. The highest BCUT2D eigenvalue weighted by Gasteiger charge is 2.17. The van der Waals surface area contributed by atoms with Crippen molar-refractivity contribution in [2.24, 2.45) is 0 Å². The quantitative estimate of drug-likeness (QED) is 0.585. The van der Waals surface area contributed by atoms with Crippen LogP contribution in [0.4, 0.5) is 0 Å². The highest BCUT2D eigenvalue weighted by Crippen LogP contribution is 2.19. The third kappa shape index (κ3) is 7.71. The largest absolute Gasteiger partial charge is 0.374 e. The van der Waals surface area contributed by atoms with Crippen molar-refractivity contribution in [1.29, 1.82) is 0 Å². The zero-order chi connectivity index (χ0) is 20.4. The van der Waals surface area contributed by atoms with Crippen molar-refractivity contribution in [2.75, 3.05) is 13.2 Å². The number of halogens is 1. The van der Waals surface area contributed by atoms with Crippen LogP contribution in [0.1, 0.15) is 50.0 Å². The van der Waals surface area contributed by atoms with Crippen LogP contribution in [0.15, 0.2) is 54.6 Å². The fraction of sp³-hybridized carbons (Fsp3) is 0.364. The molecule has 6 heteroatoms. The third-order valence-electron chi connectivity index (χ3n) is 4.32. The molecule has 2 unspecified atom stereocenters. The molecule has 0 aliphatic rings. The van der Waals surface area contributed by atoms with Gasteiger partial charge in [-0.3, -0.25) is 9.59 Å². The fourth-order valence-corrected chi connectivity index (χ4v) is 2.96. The molecule has 2 amide bonds. The second-order valence-electron chi connectivity index (χ2n) is 6.64. The van der Waals surface area contributed by atoms with Gasteiger partial charge >= 0.3 is 0 Å². The molecule has 150 valence electrons. The van der Waals surface area contributed by atoms with Gasteiger partial charge in [0.15, 0.2) is 0 Å². The Kier molecular flexibility index (Phi) is 8.98. The van der Waals surface area contributed by atoms with E-state index in [0.29, 0.717) is 24.6 Å². The number of rotatable bonds is 10. The summed E-state index contributed by atoms with van der Waals surface area (Å²) in [6.45, 7) is 4.53. The molecule has 5 nitrogen and oxygen atoms in total. The molecule has 0 saturated heterocycles. The number of hydrogen-bond donors (Lipinski definition) is 2. The van der Waals surface area contributed by atoms with Crippen LogP contribution in [0.5, 0.6) is 0 Å². The zero-order valence-electron chi connectivity index (χ0n) is 16.3. The molecule has 0 aromatic heterocycles. The molecule has 0 aliphatic carbocycles. The summed E-state index contributed by atoms with van der Waals surface area (Å²) in [7, 11) is 0. The van der Waals surface area contributed by atoms with Crippen molar-refractivity contribution in [1.82, 2.24) is 10.6 Å². The first-order chi connectivity index (χ1) is 13.5. The fourth-order valence-electron chi connectivity index (χ4n) is 2.83. The summed E-state index contributed by atoms with van der Waals surface area (Å²) in [4.78, 5) is 23.7. The van der Waals surface area contributed by atoms with Crippen molar-refractivity contribution in [2.45, 2.75) is 38.8 Å². The Balaban J connectivity index is 1.73. The molecule has 2 atom stereocenters. The summed E-state index contributed by atoms with van der Waals surface area (Å²) in [6.07, 6.45) is 0.905. The summed E-state index contributed by atoms with van der Waals surface area (Å²) in [5, 5.41) is 6.31. The lowest BCUT2D eigenvalue weighted by Crippen LogP contribution is -2.33. The van der Waals surface area contributed by atoms with Crippen LogP contribution in [0.3, 0.4) is 0 Å². The Morgan fingerprint density at radius 1 is 1.04 bits per heavy atom. The highest BCUT2D eigenvalue weighted by molar-refractivity contribution is 6.30. The average molecular weight is 403 g/mol. The first-order valence-electron chi connectivity index (χ1n) is 9.41. The van der Waals surface area contributed by atoms with Gasteiger partial charge < -0.3 is 15.4 Å². The molecule has 2 aromatic rings. The normalized spacial score (nSPS) is 12.8. The van der Waals surface area contributed by atoms with Crippen LogP contribution >= 0.6 is 11.6 Å². The zero-order valence-corrected chi connectivity index (χ0v) is 17.0. The van der Waals surface area contributed by atoms with Crippen LogP contribution in [0.2, 0.25) is 5.02 Å². The van der Waals surface area contributed by atoms with E-state index in [-0.39, 0.29) is 30.4 Å². The number of benzene rings is 2. The Morgan fingerprint density at radius 3 is 2.36 bits per heavy atom. The number of nitrogens with one attached hydrogen (secondary N) is 2. The standard InChI is InChI=1S/C22H27ClN2O3/c1-16(18-7-4-3-5-8-18)28-14-6-13-24-22(27)15-21(25-17(2)26)19-9-11-20(23)12-10-19/h3-5,7-12,16,21H,6,13-15H2,1-2H3,(H,24,27)(H,25,26). The summed E-state index contributed by atoms with van der Waals surface area (Å²) < 4.78 is 5.80. The maximum Gasteiger partial charge on any atom is 0.222 e. The molecule has 28 heavy (non-hydrogen) atoms. The summed E-state index contributed by atoms with van der Waals surface area (Å²) in [5.41, 5.74) is 1.97. The summed E-state index contributed by atoms with van der Waals surface area (Å²) in [5.74, 6) is -0.305. The Bertz CT molecular complexity index is 750. The number of ether oxygens (including phenoxy) is 1. The lowest BCUT2D eigenvalue weighted by atomic mass is 10.0. The van der Waals surface area contributed by atoms with Crippen LogP contribution in [0, 0.1) is 0 Å². The summed E-state index contributed by atoms with van der Waals surface area (Å²) >= 11 is 5.91. The van der Waals surface area contributed by atoms with E-state index in [0.717, 1.165) is 11.1 Å². The number of carbonyl (C=O) groups is 2. The molecule has 0 radical (unpaired) electrons. The molecule has 0 fully saturated rings. The monoisotopic (exact) mass is 402 g/mol. The Labute approximate surface area is 171 Å². The van der Waals surface area contributed by atoms with Crippen molar-refractivity contribution in [3.63, 3.8) is 0 Å². The first-order valence-corrected chi connectivity index (χ1v) is 9.79. The van der Waals surface area contributed by atoms with Gasteiger partial charge in [-0.25, -0.2) is 0 Å². The van der Waals surface area contributed by atoms with E-state index in [9.17, 15) is 9.59 Å². The molecule has 2 N–H and O–H groups in total. The molecule has 0 bridgehead atoms. The molecule has 0 heterocycles.